The van der Waals surface area contributed by atoms with Crippen LogP contribution in [0.1, 0.15) is 36.8 Å². The van der Waals surface area contributed by atoms with Gasteiger partial charge in [-0.15, -0.1) is 0 Å². The van der Waals surface area contributed by atoms with E-state index in [-0.39, 0.29) is 5.56 Å². The second kappa shape index (κ2) is 4.48. The number of nitrogens with zero attached hydrogens (tertiary/aromatic N) is 1. The van der Waals surface area contributed by atoms with Gasteiger partial charge in [0, 0.05) is 17.2 Å². The fourth-order valence-electron chi connectivity index (χ4n) is 2.56. The van der Waals surface area contributed by atoms with Gasteiger partial charge in [-0.05, 0) is 25.0 Å². The van der Waals surface area contributed by atoms with Crippen molar-refractivity contribution in [2.24, 2.45) is 5.73 Å². The highest BCUT2D eigenvalue weighted by atomic mass is 19.4. The van der Waals surface area contributed by atoms with Crippen molar-refractivity contribution in [3.63, 3.8) is 0 Å². The molecule has 0 atom stereocenters. The molecule has 0 spiro atoms. The fraction of sp³-hybridized carbons (Fsp3) is 0.500. The lowest BCUT2D eigenvalue weighted by Crippen LogP contribution is -2.34. The topological polar surface area (TPSA) is 69.2 Å². The molecule has 1 aliphatic rings. The summed E-state index contributed by atoms with van der Waals surface area (Å²) in [6, 6.07) is 2.57. The Morgan fingerprint density at radius 1 is 1.26 bits per heavy atom. The normalized spacial score (nSPS) is 18.5. The van der Waals surface area contributed by atoms with Crippen molar-refractivity contribution in [1.82, 2.24) is 0 Å². The first kappa shape index (κ1) is 13.8. The maximum Gasteiger partial charge on any atom is 0.416 e. The average molecular weight is 274 g/mol. The molecule has 0 amide bonds. The first-order chi connectivity index (χ1) is 8.74. The minimum absolute atomic E-state index is 0.197. The molecule has 2 rings (SSSR count). The van der Waals surface area contributed by atoms with Crippen molar-refractivity contribution in [1.29, 1.82) is 0 Å². The average Bonchev–Trinajstić information content (AvgIpc) is 2.75. The molecular formula is C12H13F3N2O2. The number of nitrogens with two attached hydrogens (primary N) is 1. The first-order valence-electron chi connectivity index (χ1n) is 5.89. The lowest BCUT2D eigenvalue weighted by molar-refractivity contribution is -0.386. The zero-order valence-electron chi connectivity index (χ0n) is 10.0. The number of hydrogen-bond donors (Lipinski definition) is 1. The van der Waals surface area contributed by atoms with Gasteiger partial charge in [0.25, 0.3) is 5.69 Å². The SMILES string of the molecule is NC1(c2ccc(C(F)(F)F)cc2[N+](=O)[O-])CCCC1. The highest BCUT2D eigenvalue weighted by molar-refractivity contribution is 5.48. The van der Waals surface area contributed by atoms with Crippen LogP contribution < -0.4 is 5.73 Å². The molecule has 2 N–H and O–H groups in total. The molecule has 1 aromatic carbocycles. The Morgan fingerprint density at radius 2 is 1.84 bits per heavy atom. The van der Waals surface area contributed by atoms with Gasteiger partial charge in [0.1, 0.15) is 0 Å². The zero-order chi connectivity index (χ0) is 14.3. The Kier molecular flexibility index (Phi) is 3.25. The lowest BCUT2D eigenvalue weighted by atomic mass is 9.87. The molecule has 1 aromatic rings. The van der Waals surface area contributed by atoms with Crippen LogP contribution in [-0.2, 0) is 11.7 Å². The molecule has 19 heavy (non-hydrogen) atoms. The van der Waals surface area contributed by atoms with Crippen LogP contribution >= 0.6 is 0 Å². The molecule has 104 valence electrons. The van der Waals surface area contributed by atoms with Crippen LogP contribution in [-0.4, -0.2) is 4.92 Å². The first-order valence-corrected chi connectivity index (χ1v) is 5.89. The molecule has 1 aliphatic carbocycles. The van der Waals surface area contributed by atoms with E-state index in [4.69, 9.17) is 5.73 Å². The molecule has 1 fully saturated rings. The summed E-state index contributed by atoms with van der Waals surface area (Å²) in [6.45, 7) is 0. The summed E-state index contributed by atoms with van der Waals surface area (Å²) >= 11 is 0. The second-order valence-corrected chi connectivity index (χ2v) is 4.85. The Balaban J connectivity index is 2.53. The summed E-state index contributed by atoms with van der Waals surface area (Å²) < 4.78 is 37.7. The Hall–Kier alpha value is -1.63. The van der Waals surface area contributed by atoms with Gasteiger partial charge >= 0.3 is 6.18 Å². The molecule has 0 bridgehead atoms. The van der Waals surface area contributed by atoms with E-state index < -0.39 is 27.9 Å². The molecule has 0 saturated heterocycles. The van der Waals surface area contributed by atoms with E-state index in [0.717, 1.165) is 25.0 Å². The Labute approximate surface area is 107 Å². The summed E-state index contributed by atoms with van der Waals surface area (Å²) in [5, 5.41) is 11.0. The number of halogens is 3. The third kappa shape index (κ3) is 2.56. The van der Waals surface area contributed by atoms with E-state index in [2.05, 4.69) is 0 Å². The van der Waals surface area contributed by atoms with E-state index >= 15 is 0 Å². The number of hydrogen-bond acceptors (Lipinski definition) is 3. The van der Waals surface area contributed by atoms with Crippen molar-refractivity contribution in [2.45, 2.75) is 37.4 Å². The van der Waals surface area contributed by atoms with Crippen LogP contribution in [0.5, 0.6) is 0 Å². The second-order valence-electron chi connectivity index (χ2n) is 4.85. The summed E-state index contributed by atoms with van der Waals surface area (Å²) in [7, 11) is 0. The van der Waals surface area contributed by atoms with Gasteiger partial charge in [0.15, 0.2) is 0 Å². The van der Waals surface area contributed by atoms with Gasteiger partial charge in [0.2, 0.25) is 0 Å². The van der Waals surface area contributed by atoms with Crippen LogP contribution in [0.3, 0.4) is 0 Å². The largest absolute Gasteiger partial charge is 0.416 e. The maximum absolute atomic E-state index is 12.6. The molecular weight excluding hydrogens is 261 g/mol. The van der Waals surface area contributed by atoms with E-state index in [1.54, 1.807) is 0 Å². The monoisotopic (exact) mass is 274 g/mol. The molecule has 4 nitrogen and oxygen atoms in total. The minimum atomic E-state index is -4.60. The molecule has 0 aliphatic heterocycles. The van der Waals surface area contributed by atoms with Crippen molar-refractivity contribution >= 4 is 5.69 Å². The van der Waals surface area contributed by atoms with Crippen LogP contribution in [0.2, 0.25) is 0 Å². The predicted octanol–water partition coefficient (Wildman–Crippen LogP) is 3.34. The number of benzene rings is 1. The fourth-order valence-corrected chi connectivity index (χ4v) is 2.56. The molecule has 0 unspecified atom stereocenters. The Bertz CT molecular complexity index is 508. The van der Waals surface area contributed by atoms with Gasteiger partial charge in [-0.25, -0.2) is 0 Å². The van der Waals surface area contributed by atoms with Gasteiger partial charge in [0.05, 0.1) is 10.5 Å². The maximum atomic E-state index is 12.6. The van der Waals surface area contributed by atoms with Gasteiger partial charge < -0.3 is 5.73 Å². The molecule has 0 aromatic heterocycles. The number of rotatable bonds is 2. The zero-order valence-corrected chi connectivity index (χ0v) is 10.0. The summed E-state index contributed by atoms with van der Waals surface area (Å²) in [6.07, 6.45) is -1.83. The van der Waals surface area contributed by atoms with Crippen molar-refractivity contribution in [3.05, 3.63) is 39.4 Å². The molecule has 7 heteroatoms. The van der Waals surface area contributed by atoms with Crippen LogP contribution in [0, 0.1) is 10.1 Å². The third-order valence-electron chi connectivity index (χ3n) is 3.55. The highest BCUT2D eigenvalue weighted by Gasteiger charge is 2.39. The molecule has 1 saturated carbocycles. The van der Waals surface area contributed by atoms with E-state index in [1.807, 2.05) is 0 Å². The standard InChI is InChI=1S/C12H13F3N2O2/c13-12(14,15)8-3-4-9(10(7-8)17(18)19)11(16)5-1-2-6-11/h3-4,7H,1-2,5-6,16H2. The summed E-state index contributed by atoms with van der Waals surface area (Å²) in [5.41, 5.74) is 3.84. The minimum Gasteiger partial charge on any atom is -0.321 e. The lowest BCUT2D eigenvalue weighted by Gasteiger charge is -2.24. The molecule has 0 radical (unpaired) electrons. The number of nitro benzene ring substituents is 1. The predicted molar refractivity (Wildman–Crippen MR) is 62.4 cm³/mol. The van der Waals surface area contributed by atoms with Crippen LogP contribution in [0.25, 0.3) is 0 Å². The van der Waals surface area contributed by atoms with Gasteiger partial charge in [-0.1, -0.05) is 12.8 Å². The van der Waals surface area contributed by atoms with E-state index in [1.165, 1.54) is 0 Å². The van der Waals surface area contributed by atoms with Crippen LogP contribution in [0.4, 0.5) is 18.9 Å². The smallest absolute Gasteiger partial charge is 0.321 e. The van der Waals surface area contributed by atoms with Crippen molar-refractivity contribution in [3.8, 4) is 0 Å². The Morgan fingerprint density at radius 3 is 2.32 bits per heavy atom. The van der Waals surface area contributed by atoms with E-state index in [9.17, 15) is 23.3 Å². The summed E-state index contributed by atoms with van der Waals surface area (Å²) in [4.78, 5) is 10.2. The third-order valence-corrected chi connectivity index (χ3v) is 3.55. The van der Waals surface area contributed by atoms with Crippen molar-refractivity contribution < 1.29 is 18.1 Å². The molecule has 0 heterocycles. The summed E-state index contributed by atoms with van der Waals surface area (Å²) in [5.74, 6) is 0. The highest BCUT2D eigenvalue weighted by Crippen LogP contribution is 2.42. The number of alkyl halides is 3. The number of nitro groups is 1. The van der Waals surface area contributed by atoms with Gasteiger partial charge in [-0.2, -0.15) is 13.2 Å². The quantitative estimate of drug-likeness (QED) is 0.664. The van der Waals surface area contributed by atoms with E-state index in [0.29, 0.717) is 18.9 Å². The van der Waals surface area contributed by atoms with Crippen molar-refractivity contribution in [2.75, 3.05) is 0 Å². The van der Waals surface area contributed by atoms with Gasteiger partial charge in [-0.3, -0.25) is 10.1 Å². The van der Waals surface area contributed by atoms with Crippen LogP contribution in [0.15, 0.2) is 18.2 Å².